The fraction of sp³-hybridized carbons (Fsp3) is 0.227. The molecule has 3 rings (SSSR count). The van der Waals surface area contributed by atoms with Crippen LogP contribution in [0.5, 0.6) is 5.75 Å². The number of benzene rings is 2. The minimum Gasteiger partial charge on any atom is -0.497 e. The number of nitrogens with one attached hydrogen (secondary N) is 1. The predicted octanol–water partition coefficient (Wildman–Crippen LogP) is 2.71. The SMILES string of the molecule is CCOC(=O)/C=C1\CC(NC(=O)c2ccc(OC)cc2)(c2ccccc2)C(=O)O1. The second-order valence-corrected chi connectivity index (χ2v) is 6.38. The van der Waals surface area contributed by atoms with Crippen molar-refractivity contribution >= 4 is 17.8 Å². The van der Waals surface area contributed by atoms with Crippen molar-refractivity contribution in [1.82, 2.24) is 5.32 Å². The lowest BCUT2D eigenvalue weighted by Crippen LogP contribution is -2.49. The largest absolute Gasteiger partial charge is 0.497 e. The Kier molecular flexibility index (Phi) is 5.97. The Morgan fingerprint density at radius 3 is 2.45 bits per heavy atom. The highest BCUT2D eigenvalue weighted by Crippen LogP contribution is 2.37. The third-order valence-electron chi connectivity index (χ3n) is 4.52. The standard InChI is InChI=1S/C22H21NO6/c1-3-28-19(24)13-18-14-22(21(26)29-18,16-7-5-4-6-8-16)23-20(25)15-9-11-17(27-2)12-10-15/h4-13H,3,14H2,1-2H3,(H,23,25)/b18-13+. The predicted molar refractivity (Wildman–Crippen MR) is 104 cm³/mol. The number of rotatable bonds is 6. The summed E-state index contributed by atoms with van der Waals surface area (Å²) in [5.41, 5.74) is -0.535. The lowest BCUT2D eigenvalue weighted by atomic mass is 9.87. The van der Waals surface area contributed by atoms with E-state index in [2.05, 4.69) is 5.32 Å². The molecule has 7 nitrogen and oxygen atoms in total. The fourth-order valence-corrected chi connectivity index (χ4v) is 3.09. The molecule has 0 aromatic heterocycles. The maximum atomic E-state index is 12.9. The number of carbonyl (C=O) groups excluding carboxylic acids is 3. The minimum absolute atomic E-state index is 0.00342. The smallest absolute Gasteiger partial charge is 0.342 e. The first kappa shape index (κ1) is 20.1. The van der Waals surface area contributed by atoms with Gasteiger partial charge in [-0.25, -0.2) is 9.59 Å². The fourth-order valence-electron chi connectivity index (χ4n) is 3.09. The summed E-state index contributed by atoms with van der Waals surface area (Å²) < 4.78 is 15.3. The molecule has 0 aliphatic carbocycles. The Labute approximate surface area is 168 Å². The molecule has 1 heterocycles. The van der Waals surface area contributed by atoms with Crippen LogP contribution in [0.3, 0.4) is 0 Å². The lowest BCUT2D eigenvalue weighted by Gasteiger charge is -2.26. The van der Waals surface area contributed by atoms with E-state index >= 15 is 0 Å². The molecule has 0 saturated carbocycles. The zero-order valence-corrected chi connectivity index (χ0v) is 16.1. The summed E-state index contributed by atoms with van der Waals surface area (Å²) in [5.74, 6) is -0.987. The molecule has 0 bridgehead atoms. The van der Waals surface area contributed by atoms with Crippen LogP contribution in [0.15, 0.2) is 66.4 Å². The van der Waals surface area contributed by atoms with Gasteiger partial charge in [0.15, 0.2) is 5.54 Å². The van der Waals surface area contributed by atoms with Crippen LogP contribution in [0.1, 0.15) is 29.3 Å². The van der Waals surface area contributed by atoms with Gasteiger partial charge in [0.25, 0.3) is 5.91 Å². The maximum absolute atomic E-state index is 12.9. The quantitative estimate of drug-likeness (QED) is 0.597. The first-order valence-corrected chi connectivity index (χ1v) is 9.10. The van der Waals surface area contributed by atoms with Crippen molar-refractivity contribution in [3.05, 3.63) is 77.6 Å². The van der Waals surface area contributed by atoms with Crippen LogP contribution in [0.25, 0.3) is 0 Å². The zero-order valence-electron chi connectivity index (χ0n) is 16.1. The van der Waals surface area contributed by atoms with Crippen LogP contribution in [0.2, 0.25) is 0 Å². The minimum atomic E-state index is -1.45. The molecule has 1 atom stereocenters. The highest BCUT2D eigenvalue weighted by atomic mass is 16.6. The summed E-state index contributed by atoms with van der Waals surface area (Å²) in [7, 11) is 1.53. The third kappa shape index (κ3) is 4.29. The number of carbonyl (C=O) groups is 3. The van der Waals surface area contributed by atoms with Gasteiger partial charge in [-0.1, -0.05) is 30.3 Å². The summed E-state index contributed by atoms with van der Waals surface area (Å²) in [6, 6.07) is 15.3. The molecular weight excluding hydrogens is 374 g/mol. The van der Waals surface area contributed by atoms with Crippen LogP contribution in [0, 0.1) is 0 Å². The summed E-state index contributed by atoms with van der Waals surface area (Å²) in [6.07, 6.45) is 1.13. The second-order valence-electron chi connectivity index (χ2n) is 6.38. The Morgan fingerprint density at radius 2 is 1.83 bits per heavy atom. The molecule has 2 aromatic carbocycles. The Morgan fingerprint density at radius 1 is 1.14 bits per heavy atom. The van der Waals surface area contributed by atoms with Crippen LogP contribution in [-0.4, -0.2) is 31.6 Å². The van der Waals surface area contributed by atoms with E-state index in [1.807, 2.05) is 0 Å². The van der Waals surface area contributed by atoms with Gasteiger partial charge >= 0.3 is 11.9 Å². The van der Waals surface area contributed by atoms with E-state index in [1.54, 1.807) is 61.5 Å². The summed E-state index contributed by atoms with van der Waals surface area (Å²) in [4.78, 5) is 37.5. The molecule has 7 heteroatoms. The van der Waals surface area contributed by atoms with Gasteiger partial charge in [0.05, 0.1) is 19.8 Å². The number of cyclic esters (lactones) is 1. The molecule has 1 aliphatic rings. The highest BCUT2D eigenvalue weighted by Gasteiger charge is 2.50. The molecule has 2 aromatic rings. The van der Waals surface area contributed by atoms with Crippen molar-refractivity contribution < 1.29 is 28.6 Å². The average molecular weight is 395 g/mol. The number of ether oxygens (including phenoxy) is 3. The van der Waals surface area contributed by atoms with E-state index in [0.29, 0.717) is 16.9 Å². The Balaban J connectivity index is 1.94. The van der Waals surface area contributed by atoms with E-state index in [4.69, 9.17) is 14.2 Å². The molecule has 0 radical (unpaired) electrons. The first-order valence-electron chi connectivity index (χ1n) is 9.10. The van der Waals surface area contributed by atoms with Gasteiger partial charge in [-0.3, -0.25) is 4.79 Å². The van der Waals surface area contributed by atoms with Crippen molar-refractivity contribution in [3.8, 4) is 5.75 Å². The normalized spacial score (nSPS) is 19.5. The van der Waals surface area contributed by atoms with Gasteiger partial charge in [0, 0.05) is 12.0 Å². The van der Waals surface area contributed by atoms with Gasteiger partial charge < -0.3 is 19.5 Å². The highest BCUT2D eigenvalue weighted by molar-refractivity contribution is 6.00. The van der Waals surface area contributed by atoms with Crippen molar-refractivity contribution in [3.63, 3.8) is 0 Å². The topological polar surface area (TPSA) is 90.9 Å². The molecule has 150 valence electrons. The van der Waals surface area contributed by atoms with Crippen molar-refractivity contribution in [2.75, 3.05) is 13.7 Å². The van der Waals surface area contributed by atoms with Crippen LogP contribution < -0.4 is 10.1 Å². The van der Waals surface area contributed by atoms with Gasteiger partial charge in [-0.2, -0.15) is 0 Å². The molecule has 1 unspecified atom stereocenters. The van der Waals surface area contributed by atoms with Crippen molar-refractivity contribution in [2.24, 2.45) is 0 Å². The number of hydrogen-bond donors (Lipinski definition) is 1. The lowest BCUT2D eigenvalue weighted by molar-refractivity contribution is -0.141. The molecule has 1 saturated heterocycles. The number of hydrogen-bond acceptors (Lipinski definition) is 6. The number of amides is 1. The third-order valence-corrected chi connectivity index (χ3v) is 4.52. The maximum Gasteiger partial charge on any atom is 0.342 e. The summed E-state index contributed by atoms with van der Waals surface area (Å²) >= 11 is 0. The van der Waals surface area contributed by atoms with E-state index in [-0.39, 0.29) is 18.8 Å². The van der Waals surface area contributed by atoms with Crippen LogP contribution in [0.4, 0.5) is 0 Å². The summed E-state index contributed by atoms with van der Waals surface area (Å²) in [5, 5.41) is 2.80. The summed E-state index contributed by atoms with van der Waals surface area (Å²) in [6.45, 7) is 1.88. The van der Waals surface area contributed by atoms with E-state index in [9.17, 15) is 14.4 Å². The van der Waals surface area contributed by atoms with Crippen molar-refractivity contribution in [2.45, 2.75) is 18.9 Å². The van der Waals surface area contributed by atoms with E-state index in [1.165, 1.54) is 7.11 Å². The van der Waals surface area contributed by atoms with E-state index < -0.39 is 23.4 Å². The van der Waals surface area contributed by atoms with Gasteiger partial charge in [-0.05, 0) is 36.8 Å². The monoisotopic (exact) mass is 395 g/mol. The zero-order chi connectivity index (χ0) is 20.9. The molecule has 29 heavy (non-hydrogen) atoms. The molecule has 0 spiro atoms. The number of methoxy groups -OCH3 is 1. The van der Waals surface area contributed by atoms with Crippen LogP contribution >= 0.6 is 0 Å². The first-order chi connectivity index (χ1) is 14.0. The molecule has 1 aliphatic heterocycles. The van der Waals surface area contributed by atoms with E-state index in [0.717, 1.165) is 6.08 Å². The van der Waals surface area contributed by atoms with Crippen molar-refractivity contribution in [1.29, 1.82) is 0 Å². The Hall–Kier alpha value is -3.61. The van der Waals surface area contributed by atoms with Crippen LogP contribution in [-0.2, 0) is 24.6 Å². The van der Waals surface area contributed by atoms with Gasteiger partial charge in [-0.15, -0.1) is 0 Å². The molecule has 1 amide bonds. The molecule has 1 N–H and O–H groups in total. The molecule has 1 fully saturated rings. The average Bonchev–Trinajstić information content (AvgIpc) is 3.04. The van der Waals surface area contributed by atoms with Gasteiger partial charge in [0.2, 0.25) is 0 Å². The second kappa shape index (κ2) is 8.60. The Bertz CT molecular complexity index is 936. The van der Waals surface area contributed by atoms with Gasteiger partial charge in [0.1, 0.15) is 11.5 Å². The molecular formula is C22H21NO6. The number of esters is 2.